The van der Waals surface area contributed by atoms with Gasteiger partial charge in [-0.1, -0.05) is 12.1 Å². The van der Waals surface area contributed by atoms with Crippen LogP contribution in [0.4, 0.5) is 10.5 Å². The molecule has 1 aromatic rings. The van der Waals surface area contributed by atoms with Crippen LogP contribution in [0.1, 0.15) is 44.6 Å². The van der Waals surface area contributed by atoms with Gasteiger partial charge in [-0.25, -0.2) is 9.79 Å². The molecule has 3 unspecified atom stereocenters. The molecule has 2 bridgehead atoms. The SMILES string of the molecule is CCNC(=NCc1cccc(NC(=O)N2CCCC2)c1)NC1CC2CCC1O2.I. The highest BCUT2D eigenvalue weighted by Gasteiger charge is 2.41. The lowest BCUT2D eigenvalue weighted by Gasteiger charge is -2.22. The van der Waals surface area contributed by atoms with Gasteiger partial charge in [-0.15, -0.1) is 24.0 Å². The largest absolute Gasteiger partial charge is 0.373 e. The summed E-state index contributed by atoms with van der Waals surface area (Å²) in [5.74, 6) is 0.829. The summed E-state index contributed by atoms with van der Waals surface area (Å²) in [6.45, 7) is 5.15. The quantitative estimate of drug-likeness (QED) is 0.321. The third-order valence-corrected chi connectivity index (χ3v) is 5.76. The van der Waals surface area contributed by atoms with Crippen molar-refractivity contribution >= 4 is 41.7 Å². The number of anilines is 1. The molecule has 7 nitrogen and oxygen atoms in total. The number of likely N-dealkylation sites (tertiary alicyclic amines) is 1. The molecule has 0 aromatic heterocycles. The molecule has 4 rings (SSSR count). The Kier molecular flexibility index (Phi) is 7.99. The first-order valence-corrected chi connectivity index (χ1v) is 10.6. The number of benzene rings is 1. The Labute approximate surface area is 190 Å². The topological polar surface area (TPSA) is 78.0 Å². The van der Waals surface area contributed by atoms with E-state index in [9.17, 15) is 4.79 Å². The van der Waals surface area contributed by atoms with Gasteiger partial charge in [0, 0.05) is 25.3 Å². The average molecular weight is 513 g/mol. The number of hydrogen-bond acceptors (Lipinski definition) is 3. The van der Waals surface area contributed by atoms with Crippen molar-refractivity contribution < 1.29 is 9.53 Å². The number of carbonyl (C=O) groups excluding carboxylic acids is 1. The number of aliphatic imine (C=N–C) groups is 1. The maximum absolute atomic E-state index is 12.3. The molecule has 8 heteroatoms. The zero-order chi connectivity index (χ0) is 19.3. The van der Waals surface area contributed by atoms with Crippen molar-refractivity contribution in [2.75, 3.05) is 25.0 Å². The van der Waals surface area contributed by atoms with E-state index in [-0.39, 0.29) is 30.0 Å². The molecule has 1 aromatic carbocycles. The van der Waals surface area contributed by atoms with Crippen molar-refractivity contribution in [3.63, 3.8) is 0 Å². The van der Waals surface area contributed by atoms with E-state index in [0.29, 0.717) is 24.8 Å². The number of nitrogens with one attached hydrogen (secondary N) is 3. The molecule has 0 aliphatic carbocycles. The lowest BCUT2D eigenvalue weighted by Crippen LogP contribution is -2.47. The van der Waals surface area contributed by atoms with Crippen molar-refractivity contribution in [2.24, 2.45) is 4.99 Å². The molecule has 29 heavy (non-hydrogen) atoms. The van der Waals surface area contributed by atoms with Crippen LogP contribution in [0, 0.1) is 0 Å². The van der Waals surface area contributed by atoms with Crippen molar-refractivity contribution in [3.05, 3.63) is 29.8 Å². The van der Waals surface area contributed by atoms with Crippen molar-refractivity contribution in [1.29, 1.82) is 0 Å². The van der Waals surface area contributed by atoms with E-state index in [0.717, 1.165) is 62.5 Å². The highest BCUT2D eigenvalue weighted by Crippen LogP contribution is 2.34. The van der Waals surface area contributed by atoms with E-state index in [4.69, 9.17) is 9.73 Å². The van der Waals surface area contributed by atoms with E-state index < -0.39 is 0 Å². The van der Waals surface area contributed by atoms with Crippen LogP contribution in [0.25, 0.3) is 0 Å². The van der Waals surface area contributed by atoms with E-state index >= 15 is 0 Å². The molecule has 3 heterocycles. The second-order valence-electron chi connectivity index (χ2n) is 7.88. The number of carbonyl (C=O) groups is 1. The van der Waals surface area contributed by atoms with Crippen molar-refractivity contribution in [3.8, 4) is 0 Å². The maximum Gasteiger partial charge on any atom is 0.321 e. The van der Waals surface area contributed by atoms with E-state index in [1.54, 1.807) is 0 Å². The lowest BCUT2D eigenvalue weighted by atomic mass is 9.96. The molecule has 0 spiro atoms. The summed E-state index contributed by atoms with van der Waals surface area (Å²) >= 11 is 0. The fourth-order valence-electron chi connectivity index (χ4n) is 4.33. The molecule has 3 saturated heterocycles. The number of hydrogen-bond donors (Lipinski definition) is 3. The normalized spacial score (nSPS) is 25.6. The Balaban J connectivity index is 0.00000240. The molecule has 3 N–H and O–H groups in total. The lowest BCUT2D eigenvalue weighted by molar-refractivity contribution is 0.0992. The highest BCUT2D eigenvalue weighted by molar-refractivity contribution is 14.0. The fourth-order valence-corrected chi connectivity index (χ4v) is 4.33. The van der Waals surface area contributed by atoms with E-state index in [1.807, 2.05) is 29.2 Å². The van der Waals surface area contributed by atoms with Crippen LogP contribution >= 0.6 is 24.0 Å². The molecule has 0 radical (unpaired) electrons. The first-order valence-electron chi connectivity index (χ1n) is 10.6. The van der Waals surface area contributed by atoms with Crippen LogP contribution in [-0.4, -0.2) is 54.8 Å². The number of fused-ring (bicyclic) bond motifs is 2. The Bertz CT molecular complexity index is 723. The number of halogens is 1. The molecule has 3 atom stereocenters. The predicted octanol–water partition coefficient (Wildman–Crippen LogP) is 3.31. The minimum atomic E-state index is -0.00978. The van der Waals surface area contributed by atoms with Gasteiger partial charge in [0.2, 0.25) is 0 Å². The zero-order valence-corrected chi connectivity index (χ0v) is 19.4. The van der Waals surface area contributed by atoms with Crippen LogP contribution in [0.5, 0.6) is 0 Å². The number of nitrogens with zero attached hydrogens (tertiary/aromatic N) is 2. The third kappa shape index (κ3) is 5.75. The summed E-state index contributed by atoms with van der Waals surface area (Å²) in [5, 5.41) is 9.87. The number of rotatable bonds is 5. The molecule has 160 valence electrons. The summed E-state index contributed by atoms with van der Waals surface area (Å²) in [7, 11) is 0. The van der Waals surface area contributed by atoms with Gasteiger partial charge in [-0.05, 0) is 56.7 Å². The van der Waals surface area contributed by atoms with Crippen LogP contribution in [0.3, 0.4) is 0 Å². The number of amides is 2. The Hall–Kier alpha value is -1.55. The zero-order valence-electron chi connectivity index (χ0n) is 17.0. The van der Waals surface area contributed by atoms with Gasteiger partial charge in [-0.3, -0.25) is 0 Å². The van der Waals surface area contributed by atoms with E-state index in [2.05, 4.69) is 22.9 Å². The second-order valence-corrected chi connectivity index (χ2v) is 7.88. The van der Waals surface area contributed by atoms with Gasteiger partial charge in [0.25, 0.3) is 0 Å². The predicted molar refractivity (Wildman–Crippen MR) is 126 cm³/mol. The second kappa shape index (κ2) is 10.5. The summed E-state index contributed by atoms with van der Waals surface area (Å²) in [6, 6.07) is 8.28. The molecule has 3 fully saturated rings. The summed E-state index contributed by atoms with van der Waals surface area (Å²) in [5.41, 5.74) is 1.89. The van der Waals surface area contributed by atoms with Gasteiger partial charge in [0.15, 0.2) is 5.96 Å². The Morgan fingerprint density at radius 2 is 2.10 bits per heavy atom. The molecular formula is C21H32IN5O2. The molecule has 0 saturated carbocycles. The minimum absolute atomic E-state index is 0. The Morgan fingerprint density at radius 3 is 2.79 bits per heavy atom. The molecule has 3 aliphatic rings. The number of guanidine groups is 1. The van der Waals surface area contributed by atoms with E-state index in [1.165, 1.54) is 6.42 Å². The summed E-state index contributed by atoms with van der Waals surface area (Å²) in [6.07, 6.45) is 6.31. The standard InChI is InChI=1S/C21H31N5O2.HI/c1-2-22-20(25-18-13-17-8-9-19(18)28-17)23-14-15-6-5-7-16(12-15)24-21(27)26-10-3-4-11-26;/h5-7,12,17-19H,2-4,8-11,13-14H2,1H3,(H,24,27)(H2,22,23,25);1H. The average Bonchev–Trinajstić information content (AvgIpc) is 3.44. The van der Waals surface area contributed by atoms with Crippen LogP contribution < -0.4 is 16.0 Å². The smallest absolute Gasteiger partial charge is 0.321 e. The minimum Gasteiger partial charge on any atom is -0.373 e. The summed E-state index contributed by atoms with van der Waals surface area (Å²) in [4.78, 5) is 18.9. The fraction of sp³-hybridized carbons (Fsp3) is 0.619. The van der Waals surface area contributed by atoms with Gasteiger partial charge >= 0.3 is 6.03 Å². The first-order chi connectivity index (χ1) is 13.7. The number of urea groups is 1. The summed E-state index contributed by atoms with van der Waals surface area (Å²) < 4.78 is 5.93. The van der Waals surface area contributed by atoms with Gasteiger partial charge < -0.3 is 25.6 Å². The Morgan fingerprint density at radius 1 is 1.28 bits per heavy atom. The number of ether oxygens (including phenoxy) is 1. The molecule has 3 aliphatic heterocycles. The monoisotopic (exact) mass is 513 g/mol. The van der Waals surface area contributed by atoms with Crippen molar-refractivity contribution in [1.82, 2.24) is 15.5 Å². The first kappa shape index (κ1) is 22.1. The van der Waals surface area contributed by atoms with Crippen LogP contribution in [0.2, 0.25) is 0 Å². The van der Waals surface area contributed by atoms with Crippen LogP contribution in [0.15, 0.2) is 29.3 Å². The molecular weight excluding hydrogens is 481 g/mol. The maximum atomic E-state index is 12.3. The van der Waals surface area contributed by atoms with Crippen molar-refractivity contribution in [2.45, 2.75) is 63.8 Å². The van der Waals surface area contributed by atoms with Gasteiger partial charge in [0.1, 0.15) is 0 Å². The van der Waals surface area contributed by atoms with Gasteiger partial charge in [-0.2, -0.15) is 0 Å². The highest BCUT2D eigenvalue weighted by atomic mass is 127. The van der Waals surface area contributed by atoms with Gasteiger partial charge in [0.05, 0.1) is 24.8 Å². The third-order valence-electron chi connectivity index (χ3n) is 5.76. The molecule has 2 amide bonds. The van der Waals surface area contributed by atoms with Crippen LogP contribution in [-0.2, 0) is 11.3 Å².